The average molecular weight is 1160 g/mol. The Morgan fingerprint density at radius 3 is 0.558 bits per heavy atom. The lowest BCUT2D eigenvalue weighted by atomic mass is 10.2. The third kappa shape index (κ3) is 37.8. The summed E-state index contributed by atoms with van der Waals surface area (Å²) in [5.41, 5.74) is 0. The minimum atomic E-state index is 0. The summed E-state index contributed by atoms with van der Waals surface area (Å²) in [6, 6.07) is 24.9. The van der Waals surface area contributed by atoms with Crippen molar-refractivity contribution in [1.29, 1.82) is 0 Å². The maximum absolute atomic E-state index is 2.25. The zero-order chi connectivity index (χ0) is 34.6. The lowest BCUT2D eigenvalue weighted by molar-refractivity contribution is -0.697. The van der Waals surface area contributed by atoms with Gasteiger partial charge in [0.2, 0.25) is 0 Å². The Bertz CT molecular complexity index is 984. The molecule has 0 saturated heterocycles. The molecule has 0 aromatic carbocycles. The quantitative estimate of drug-likeness (QED) is 0.0568. The van der Waals surface area contributed by atoms with Crippen molar-refractivity contribution < 1.29 is 114 Å². The van der Waals surface area contributed by atoms with Gasteiger partial charge in [-0.25, -0.2) is 18.3 Å². The number of nitrogens with zero attached hydrogens (tertiary/aromatic N) is 4. The standard InChI is InChI=1S/4C11H18N.4HI/c4*1-2-3-4-6-9-12-10-7-5-8-11-12;;;;/h4*5,7-8,10-11H,2-4,6,9H2,1H3;4*1H/q4*+1;;;;/p-4. The first kappa shape index (κ1) is 58.2. The molecular weight excluding hydrogens is 1090 g/mol. The average Bonchev–Trinajstić information content (AvgIpc) is 3.15. The van der Waals surface area contributed by atoms with E-state index >= 15 is 0 Å². The Labute approximate surface area is 389 Å². The number of pyridine rings is 4. The van der Waals surface area contributed by atoms with E-state index in [9.17, 15) is 0 Å². The first-order valence-corrected chi connectivity index (χ1v) is 19.5. The van der Waals surface area contributed by atoms with Gasteiger partial charge in [-0.05, 0) is 25.7 Å². The van der Waals surface area contributed by atoms with E-state index in [-0.39, 0.29) is 95.9 Å². The maximum atomic E-state index is 2.25. The largest absolute Gasteiger partial charge is 1.00 e. The van der Waals surface area contributed by atoms with Gasteiger partial charge in [0.15, 0.2) is 49.6 Å². The van der Waals surface area contributed by atoms with Crippen LogP contribution in [0, 0.1) is 0 Å². The van der Waals surface area contributed by atoms with E-state index < -0.39 is 0 Å². The molecule has 0 aliphatic rings. The van der Waals surface area contributed by atoms with Crippen molar-refractivity contribution in [3.8, 4) is 0 Å². The first-order valence-electron chi connectivity index (χ1n) is 19.5. The highest BCUT2D eigenvalue weighted by Gasteiger charge is 1.98. The van der Waals surface area contributed by atoms with Crippen LogP contribution in [0.4, 0.5) is 0 Å². The van der Waals surface area contributed by atoms with Crippen LogP contribution < -0.4 is 114 Å². The lowest BCUT2D eigenvalue weighted by Crippen LogP contribution is -3.00. The van der Waals surface area contributed by atoms with Crippen molar-refractivity contribution in [3.63, 3.8) is 0 Å². The molecule has 0 fully saturated rings. The summed E-state index contributed by atoms with van der Waals surface area (Å²) in [6.45, 7) is 13.7. The molecule has 0 spiro atoms. The van der Waals surface area contributed by atoms with Crippen LogP contribution >= 0.6 is 0 Å². The zero-order valence-electron chi connectivity index (χ0n) is 33.0. The molecule has 0 N–H and O–H groups in total. The number of aromatic nitrogens is 4. The molecule has 0 radical (unpaired) electrons. The minimum absolute atomic E-state index is 0. The van der Waals surface area contributed by atoms with E-state index in [0.29, 0.717) is 0 Å². The molecule has 4 heterocycles. The predicted octanol–water partition coefficient (Wildman–Crippen LogP) is -1.77. The molecule has 4 aromatic rings. The van der Waals surface area contributed by atoms with Crippen LogP contribution in [-0.2, 0) is 26.2 Å². The second-order valence-corrected chi connectivity index (χ2v) is 12.7. The Morgan fingerprint density at radius 1 is 0.231 bits per heavy atom. The summed E-state index contributed by atoms with van der Waals surface area (Å²) < 4.78 is 8.98. The summed E-state index contributed by atoms with van der Waals surface area (Å²) >= 11 is 0. The van der Waals surface area contributed by atoms with Crippen LogP contribution in [0.5, 0.6) is 0 Å². The fourth-order valence-corrected chi connectivity index (χ4v) is 5.22. The second kappa shape index (κ2) is 46.7. The Hall–Kier alpha value is -0.480. The number of hydrogen-bond donors (Lipinski definition) is 0. The van der Waals surface area contributed by atoms with E-state index in [0.717, 1.165) is 0 Å². The molecular formula is C44H72I4N4. The van der Waals surface area contributed by atoms with E-state index in [1.54, 1.807) is 0 Å². The van der Waals surface area contributed by atoms with Crippen molar-refractivity contribution in [2.24, 2.45) is 0 Å². The van der Waals surface area contributed by atoms with Gasteiger partial charge < -0.3 is 95.9 Å². The van der Waals surface area contributed by atoms with Crippen molar-refractivity contribution in [1.82, 2.24) is 0 Å². The van der Waals surface area contributed by atoms with E-state index in [2.05, 4.69) is 168 Å². The third-order valence-corrected chi connectivity index (χ3v) is 8.19. The summed E-state index contributed by atoms with van der Waals surface area (Å²) in [6.07, 6.45) is 38.5. The summed E-state index contributed by atoms with van der Waals surface area (Å²) in [5.74, 6) is 0. The molecule has 0 saturated carbocycles. The topological polar surface area (TPSA) is 15.5 Å². The number of rotatable bonds is 20. The second-order valence-electron chi connectivity index (χ2n) is 12.7. The van der Waals surface area contributed by atoms with Crippen molar-refractivity contribution >= 4 is 0 Å². The number of unbranched alkanes of at least 4 members (excludes halogenated alkanes) is 12. The van der Waals surface area contributed by atoms with Gasteiger partial charge in [-0.3, -0.25) is 0 Å². The van der Waals surface area contributed by atoms with Gasteiger partial charge in [-0.15, -0.1) is 0 Å². The van der Waals surface area contributed by atoms with Gasteiger partial charge in [0.05, 0.1) is 0 Å². The maximum Gasteiger partial charge on any atom is 0.168 e. The molecule has 4 aromatic heterocycles. The highest BCUT2D eigenvalue weighted by Crippen LogP contribution is 2.00. The Morgan fingerprint density at radius 2 is 0.404 bits per heavy atom. The zero-order valence-corrected chi connectivity index (χ0v) is 41.6. The SMILES string of the molecule is CCCCCC[n+]1ccccc1.CCCCCC[n+]1ccccc1.CCCCCC[n+]1ccccc1.CCCCCC[n+]1ccccc1.[I-].[I-].[I-].[I-]. The van der Waals surface area contributed by atoms with Gasteiger partial charge in [0.25, 0.3) is 0 Å². The molecule has 4 rings (SSSR count). The molecule has 0 amide bonds. The molecule has 4 nitrogen and oxygen atoms in total. The van der Waals surface area contributed by atoms with Crippen LogP contribution in [-0.4, -0.2) is 0 Å². The molecule has 52 heavy (non-hydrogen) atoms. The van der Waals surface area contributed by atoms with E-state index in [1.165, 1.54) is 129 Å². The Kier molecular flexibility index (Phi) is 52.3. The van der Waals surface area contributed by atoms with Gasteiger partial charge in [0.1, 0.15) is 26.2 Å². The molecule has 296 valence electrons. The minimum Gasteiger partial charge on any atom is -1.00 e. The fourth-order valence-electron chi connectivity index (χ4n) is 5.22. The molecule has 0 aliphatic heterocycles. The number of aryl methyl sites for hydroxylation is 4. The number of halogens is 4. The van der Waals surface area contributed by atoms with Crippen LogP contribution in [0.25, 0.3) is 0 Å². The van der Waals surface area contributed by atoms with Crippen molar-refractivity contribution in [2.45, 2.75) is 157 Å². The molecule has 8 heteroatoms. The van der Waals surface area contributed by atoms with Gasteiger partial charge in [0, 0.05) is 74.2 Å². The monoisotopic (exact) mass is 1160 g/mol. The predicted molar refractivity (Wildman–Crippen MR) is 203 cm³/mol. The highest BCUT2D eigenvalue weighted by molar-refractivity contribution is 4.85. The van der Waals surface area contributed by atoms with Gasteiger partial charge in [-0.2, -0.15) is 0 Å². The third-order valence-electron chi connectivity index (χ3n) is 8.19. The molecule has 0 aliphatic carbocycles. The van der Waals surface area contributed by atoms with Gasteiger partial charge >= 0.3 is 0 Å². The van der Waals surface area contributed by atoms with Crippen LogP contribution in [0.3, 0.4) is 0 Å². The Balaban J connectivity index is -0.000000288. The fraction of sp³-hybridized carbons (Fsp3) is 0.545. The smallest absolute Gasteiger partial charge is 0.168 e. The molecule has 0 bridgehead atoms. The summed E-state index contributed by atoms with van der Waals surface area (Å²) in [7, 11) is 0. The van der Waals surface area contributed by atoms with E-state index in [1.807, 2.05) is 0 Å². The van der Waals surface area contributed by atoms with Crippen LogP contribution in [0.15, 0.2) is 122 Å². The van der Waals surface area contributed by atoms with E-state index in [4.69, 9.17) is 0 Å². The van der Waals surface area contributed by atoms with Crippen molar-refractivity contribution in [3.05, 3.63) is 122 Å². The molecule has 0 unspecified atom stereocenters. The van der Waals surface area contributed by atoms with Gasteiger partial charge in [-0.1, -0.05) is 103 Å². The highest BCUT2D eigenvalue weighted by atomic mass is 127. The number of hydrogen-bond acceptors (Lipinski definition) is 0. The van der Waals surface area contributed by atoms with Crippen LogP contribution in [0.2, 0.25) is 0 Å². The normalized spacial score (nSPS) is 9.31. The van der Waals surface area contributed by atoms with Crippen LogP contribution in [0.1, 0.15) is 130 Å². The lowest BCUT2D eigenvalue weighted by Gasteiger charge is -1.95. The summed E-state index contributed by atoms with van der Waals surface area (Å²) in [4.78, 5) is 0. The first-order chi connectivity index (χ1) is 23.7. The summed E-state index contributed by atoms with van der Waals surface area (Å²) in [5, 5.41) is 0. The van der Waals surface area contributed by atoms with Crippen molar-refractivity contribution in [2.75, 3.05) is 0 Å². The molecule has 0 atom stereocenters.